The van der Waals surface area contributed by atoms with E-state index in [4.69, 9.17) is 11.6 Å². The third kappa shape index (κ3) is 5.48. The third-order valence-corrected chi connectivity index (χ3v) is 7.02. The monoisotopic (exact) mass is 469 g/mol. The summed E-state index contributed by atoms with van der Waals surface area (Å²) < 4.78 is 27.7. The molecule has 1 fully saturated rings. The molecule has 0 unspecified atom stereocenters. The van der Waals surface area contributed by atoms with Gasteiger partial charge < -0.3 is 4.90 Å². The van der Waals surface area contributed by atoms with E-state index in [1.54, 1.807) is 41.3 Å². The number of amides is 1. The van der Waals surface area contributed by atoms with Crippen LogP contribution >= 0.6 is 11.6 Å². The number of piperazine rings is 1. The van der Waals surface area contributed by atoms with E-state index in [1.807, 2.05) is 30.3 Å². The molecule has 6 nitrogen and oxygen atoms in total. The normalized spacial score (nSPS) is 14.8. The lowest BCUT2D eigenvalue weighted by Crippen LogP contribution is -2.48. The number of halogens is 1. The van der Waals surface area contributed by atoms with Gasteiger partial charge in [0.15, 0.2) is 0 Å². The number of benzene rings is 3. The molecule has 0 atom stereocenters. The minimum absolute atomic E-state index is 0.0904. The number of carbonyl (C=O) groups is 1. The summed E-state index contributed by atoms with van der Waals surface area (Å²) in [5.74, 6) is -0.0904. The Morgan fingerprint density at radius 3 is 2.22 bits per heavy atom. The second kappa shape index (κ2) is 9.73. The Kier molecular flexibility index (Phi) is 6.79. The molecular weight excluding hydrogens is 446 g/mol. The van der Waals surface area contributed by atoms with Gasteiger partial charge in [0.2, 0.25) is 0 Å². The first-order chi connectivity index (χ1) is 15.4. The number of para-hydroxylation sites is 1. The van der Waals surface area contributed by atoms with E-state index < -0.39 is 10.0 Å². The SMILES string of the molecule is O=C(c1ccc(S(=O)(=O)Nc2ccccc2)cc1)N1CCN(Cc2cccc(Cl)c2)CC1. The van der Waals surface area contributed by atoms with Crippen LogP contribution < -0.4 is 4.72 Å². The van der Waals surface area contributed by atoms with Gasteiger partial charge in [-0.3, -0.25) is 14.4 Å². The molecule has 1 heterocycles. The summed E-state index contributed by atoms with van der Waals surface area (Å²) in [6.45, 7) is 3.57. The van der Waals surface area contributed by atoms with Crippen LogP contribution in [0, 0.1) is 0 Å². The van der Waals surface area contributed by atoms with Crippen molar-refractivity contribution in [3.05, 3.63) is 95.0 Å². The van der Waals surface area contributed by atoms with Gasteiger partial charge in [-0.25, -0.2) is 8.42 Å². The average molecular weight is 470 g/mol. The zero-order chi connectivity index (χ0) is 22.6. The van der Waals surface area contributed by atoms with Crippen molar-refractivity contribution >= 4 is 33.2 Å². The predicted octanol–water partition coefficient (Wildman–Crippen LogP) is 4.10. The van der Waals surface area contributed by atoms with Crippen molar-refractivity contribution in [2.24, 2.45) is 0 Å². The molecule has 1 aliphatic rings. The van der Waals surface area contributed by atoms with Crippen molar-refractivity contribution in [3.8, 4) is 0 Å². The second-order valence-corrected chi connectivity index (χ2v) is 9.81. The third-order valence-electron chi connectivity index (χ3n) is 5.39. The minimum atomic E-state index is -3.71. The van der Waals surface area contributed by atoms with Crippen molar-refractivity contribution in [3.63, 3.8) is 0 Å². The molecule has 32 heavy (non-hydrogen) atoms. The molecule has 3 aromatic carbocycles. The van der Waals surface area contributed by atoms with Crippen molar-refractivity contribution in [2.75, 3.05) is 30.9 Å². The van der Waals surface area contributed by atoms with Crippen LogP contribution in [0.4, 0.5) is 5.69 Å². The number of rotatable bonds is 6. The first-order valence-corrected chi connectivity index (χ1v) is 12.2. The number of sulfonamides is 1. The van der Waals surface area contributed by atoms with Crippen molar-refractivity contribution < 1.29 is 13.2 Å². The number of nitrogens with one attached hydrogen (secondary N) is 1. The van der Waals surface area contributed by atoms with E-state index in [-0.39, 0.29) is 10.8 Å². The summed E-state index contributed by atoms with van der Waals surface area (Å²) in [7, 11) is -3.71. The van der Waals surface area contributed by atoms with Gasteiger partial charge in [-0.1, -0.05) is 41.9 Å². The quantitative estimate of drug-likeness (QED) is 0.590. The molecule has 0 bridgehead atoms. The number of anilines is 1. The van der Waals surface area contributed by atoms with Crippen LogP contribution in [0.5, 0.6) is 0 Å². The molecule has 1 N–H and O–H groups in total. The lowest BCUT2D eigenvalue weighted by atomic mass is 10.1. The summed E-state index contributed by atoms with van der Waals surface area (Å²) >= 11 is 6.06. The molecule has 0 radical (unpaired) electrons. The van der Waals surface area contributed by atoms with Gasteiger partial charge >= 0.3 is 0 Å². The molecule has 166 valence electrons. The summed E-state index contributed by atoms with van der Waals surface area (Å²) in [4.78, 5) is 17.1. The zero-order valence-electron chi connectivity index (χ0n) is 17.4. The van der Waals surface area contributed by atoms with Gasteiger partial charge in [0.1, 0.15) is 0 Å². The molecular formula is C24H24ClN3O3S. The molecule has 1 aliphatic heterocycles. The van der Waals surface area contributed by atoms with Crippen LogP contribution in [0.2, 0.25) is 5.02 Å². The fourth-order valence-corrected chi connectivity index (χ4v) is 4.95. The Labute approximate surface area is 193 Å². The summed E-state index contributed by atoms with van der Waals surface area (Å²) in [6, 6.07) is 22.6. The van der Waals surface area contributed by atoms with E-state index in [0.717, 1.165) is 30.2 Å². The molecule has 3 aromatic rings. The maximum Gasteiger partial charge on any atom is 0.261 e. The molecule has 8 heteroatoms. The van der Waals surface area contributed by atoms with Gasteiger partial charge in [0.05, 0.1) is 4.90 Å². The standard InChI is InChI=1S/C24H24ClN3O3S/c25-21-6-4-5-19(17-21)18-27-13-15-28(16-14-27)24(29)20-9-11-23(12-10-20)32(30,31)26-22-7-2-1-3-8-22/h1-12,17,26H,13-16,18H2. The van der Waals surface area contributed by atoms with Gasteiger partial charge in [-0.05, 0) is 54.1 Å². The van der Waals surface area contributed by atoms with E-state index in [2.05, 4.69) is 9.62 Å². The van der Waals surface area contributed by atoms with Crippen LogP contribution in [0.3, 0.4) is 0 Å². The van der Waals surface area contributed by atoms with Crippen LogP contribution in [-0.4, -0.2) is 50.3 Å². The van der Waals surface area contributed by atoms with Gasteiger partial charge in [0.25, 0.3) is 15.9 Å². The van der Waals surface area contributed by atoms with Crippen LogP contribution in [0.1, 0.15) is 15.9 Å². The highest BCUT2D eigenvalue weighted by Crippen LogP contribution is 2.18. The van der Waals surface area contributed by atoms with Crippen LogP contribution in [0.25, 0.3) is 0 Å². The van der Waals surface area contributed by atoms with Crippen LogP contribution in [0.15, 0.2) is 83.8 Å². The maximum absolute atomic E-state index is 12.9. The first kappa shape index (κ1) is 22.3. The molecule has 1 amide bonds. The molecule has 0 aromatic heterocycles. The topological polar surface area (TPSA) is 69.7 Å². The lowest BCUT2D eigenvalue weighted by molar-refractivity contribution is 0.0628. The van der Waals surface area contributed by atoms with E-state index in [1.165, 1.54) is 12.1 Å². The molecule has 0 spiro atoms. The van der Waals surface area contributed by atoms with Crippen molar-refractivity contribution in [2.45, 2.75) is 11.4 Å². The highest BCUT2D eigenvalue weighted by atomic mass is 35.5. The molecule has 0 aliphatic carbocycles. The molecule has 0 saturated carbocycles. The number of carbonyl (C=O) groups excluding carboxylic acids is 1. The minimum Gasteiger partial charge on any atom is -0.336 e. The second-order valence-electron chi connectivity index (χ2n) is 7.69. The number of hydrogen-bond acceptors (Lipinski definition) is 4. The Bertz CT molecular complexity index is 1180. The number of hydrogen-bond donors (Lipinski definition) is 1. The molecule has 1 saturated heterocycles. The van der Waals surface area contributed by atoms with E-state index in [0.29, 0.717) is 24.3 Å². The summed E-state index contributed by atoms with van der Waals surface area (Å²) in [6.07, 6.45) is 0. The largest absolute Gasteiger partial charge is 0.336 e. The first-order valence-electron chi connectivity index (χ1n) is 10.3. The summed E-state index contributed by atoms with van der Waals surface area (Å²) in [5.41, 5.74) is 2.12. The fourth-order valence-electron chi connectivity index (χ4n) is 3.68. The van der Waals surface area contributed by atoms with Gasteiger partial charge in [-0.2, -0.15) is 0 Å². The zero-order valence-corrected chi connectivity index (χ0v) is 19.0. The van der Waals surface area contributed by atoms with Crippen molar-refractivity contribution in [1.82, 2.24) is 9.80 Å². The predicted molar refractivity (Wildman–Crippen MR) is 126 cm³/mol. The Morgan fingerprint density at radius 2 is 1.56 bits per heavy atom. The number of nitrogens with zero attached hydrogens (tertiary/aromatic N) is 2. The average Bonchev–Trinajstić information content (AvgIpc) is 2.80. The molecule has 4 rings (SSSR count). The van der Waals surface area contributed by atoms with Gasteiger partial charge in [0, 0.05) is 49.0 Å². The smallest absolute Gasteiger partial charge is 0.261 e. The summed E-state index contributed by atoms with van der Waals surface area (Å²) in [5, 5.41) is 0.723. The van der Waals surface area contributed by atoms with Crippen LogP contribution in [-0.2, 0) is 16.6 Å². The van der Waals surface area contributed by atoms with E-state index in [9.17, 15) is 13.2 Å². The Hall–Kier alpha value is -2.87. The lowest BCUT2D eigenvalue weighted by Gasteiger charge is -2.34. The van der Waals surface area contributed by atoms with Crippen molar-refractivity contribution in [1.29, 1.82) is 0 Å². The Morgan fingerprint density at radius 1 is 0.875 bits per heavy atom. The maximum atomic E-state index is 12.9. The fraction of sp³-hybridized carbons (Fsp3) is 0.208. The highest BCUT2D eigenvalue weighted by Gasteiger charge is 2.23. The van der Waals surface area contributed by atoms with E-state index >= 15 is 0 Å². The Balaban J connectivity index is 1.35. The highest BCUT2D eigenvalue weighted by molar-refractivity contribution is 7.92. The van der Waals surface area contributed by atoms with Gasteiger partial charge in [-0.15, -0.1) is 0 Å².